The Kier molecular flexibility index (Phi) is 11.6. The molecule has 9 aliphatic rings. The van der Waals surface area contributed by atoms with Gasteiger partial charge in [-0.05, 0) is 104 Å². The van der Waals surface area contributed by atoms with Crippen LogP contribution in [0, 0.1) is 17.8 Å². The molecule has 0 unspecified atom stereocenters. The predicted molar refractivity (Wildman–Crippen MR) is 219 cm³/mol. The van der Waals surface area contributed by atoms with Crippen molar-refractivity contribution < 1.29 is 72.6 Å². The maximum atomic E-state index is 14.1. The fourth-order valence-electron chi connectivity index (χ4n) is 12.5. The van der Waals surface area contributed by atoms with E-state index in [2.05, 4.69) is 26.8 Å². The van der Waals surface area contributed by atoms with Crippen molar-refractivity contribution in [1.29, 1.82) is 0 Å². The zero-order chi connectivity index (χ0) is 44.3. The van der Waals surface area contributed by atoms with Crippen LogP contribution in [0.15, 0.2) is 23.8 Å². The second kappa shape index (κ2) is 15.9. The topological polar surface area (TPSA) is 198 Å². The fourth-order valence-corrected chi connectivity index (χ4v) is 12.5. The van der Waals surface area contributed by atoms with Gasteiger partial charge in [0.25, 0.3) is 0 Å². The zero-order valence-electron chi connectivity index (χ0n) is 37.5. The summed E-state index contributed by atoms with van der Waals surface area (Å²) >= 11 is 0. The van der Waals surface area contributed by atoms with E-state index in [0.29, 0.717) is 64.2 Å². The van der Waals surface area contributed by atoms with Gasteiger partial charge in [-0.1, -0.05) is 31.6 Å². The van der Waals surface area contributed by atoms with E-state index in [1.54, 1.807) is 19.9 Å². The Labute approximate surface area is 365 Å². The van der Waals surface area contributed by atoms with Crippen LogP contribution in [0.4, 0.5) is 0 Å². The van der Waals surface area contributed by atoms with Crippen molar-refractivity contribution in [3.05, 3.63) is 23.8 Å². The summed E-state index contributed by atoms with van der Waals surface area (Å²) in [6.45, 7) is 13.7. The Bertz CT molecular complexity index is 1810. The molecule has 4 N–H and O–H groups in total. The molecule has 9 heterocycles. The molecule has 9 rings (SSSR count). The summed E-state index contributed by atoms with van der Waals surface area (Å²) in [5.74, 6) is -8.22. The minimum Gasteiger partial charge on any atom is -0.456 e. The first-order chi connectivity index (χ1) is 29.1. The molecule has 2 spiro atoms. The number of carbonyl (C=O) groups is 2. The molecule has 0 amide bonds. The second-order valence-corrected chi connectivity index (χ2v) is 21.5. The molecule has 0 saturated carbocycles. The average Bonchev–Trinajstić information content (AvgIpc) is 4.02. The number of aliphatic hydroxyl groups is 4. The van der Waals surface area contributed by atoms with Gasteiger partial charge in [0.1, 0.15) is 36.1 Å². The van der Waals surface area contributed by atoms with Gasteiger partial charge >= 0.3 is 5.97 Å². The molecule has 0 aromatic heterocycles. The van der Waals surface area contributed by atoms with Gasteiger partial charge in [0.05, 0.1) is 42.0 Å². The largest absolute Gasteiger partial charge is 0.456 e. The molecule has 62 heavy (non-hydrogen) atoms. The first-order valence-corrected chi connectivity index (χ1v) is 23.4. The van der Waals surface area contributed by atoms with Crippen LogP contribution in [-0.4, -0.2) is 134 Å². The summed E-state index contributed by atoms with van der Waals surface area (Å²) in [6.07, 6.45) is 4.32. The van der Waals surface area contributed by atoms with Gasteiger partial charge in [-0.15, -0.1) is 0 Å². The highest BCUT2D eigenvalue weighted by Crippen LogP contribution is 2.55. The molecule has 15 nitrogen and oxygen atoms in total. The minimum atomic E-state index is -2.17. The van der Waals surface area contributed by atoms with Crippen molar-refractivity contribution in [2.75, 3.05) is 6.61 Å². The second-order valence-electron chi connectivity index (χ2n) is 21.5. The molecule has 0 aromatic carbocycles. The third kappa shape index (κ3) is 7.99. The van der Waals surface area contributed by atoms with Crippen LogP contribution in [0.2, 0.25) is 0 Å². The monoisotopic (exact) mass is 874 g/mol. The van der Waals surface area contributed by atoms with Crippen molar-refractivity contribution in [2.24, 2.45) is 17.8 Å². The number of allylic oxidation sites excluding steroid dienone is 3. The summed E-state index contributed by atoms with van der Waals surface area (Å²) in [4.78, 5) is 28.0. The number of rotatable bonds is 1. The van der Waals surface area contributed by atoms with Crippen LogP contribution in [-0.2, 0) is 52.2 Å². The number of fused-ring (bicyclic) bond motifs is 10. The summed E-state index contributed by atoms with van der Waals surface area (Å²) in [5, 5.41) is 47.0. The number of hydrogen-bond acceptors (Lipinski definition) is 15. The van der Waals surface area contributed by atoms with E-state index in [4.69, 9.17) is 42.6 Å². The Morgan fingerprint density at radius 1 is 0.726 bits per heavy atom. The number of ether oxygens (including phenoxy) is 9. The van der Waals surface area contributed by atoms with Crippen molar-refractivity contribution in [3.63, 3.8) is 0 Å². The zero-order valence-corrected chi connectivity index (χ0v) is 37.5. The van der Waals surface area contributed by atoms with Gasteiger partial charge in [-0.25, -0.2) is 0 Å². The Balaban J connectivity index is 1.02. The van der Waals surface area contributed by atoms with Gasteiger partial charge in [-0.3, -0.25) is 9.59 Å². The van der Waals surface area contributed by atoms with E-state index in [9.17, 15) is 30.0 Å². The lowest BCUT2D eigenvalue weighted by atomic mass is 9.87. The van der Waals surface area contributed by atoms with Crippen molar-refractivity contribution in [2.45, 2.75) is 233 Å². The number of aliphatic hydroxyl groups excluding tert-OH is 2. The van der Waals surface area contributed by atoms with Crippen LogP contribution >= 0.6 is 0 Å². The summed E-state index contributed by atoms with van der Waals surface area (Å²) < 4.78 is 58.4. The number of esters is 1. The molecule has 15 heteroatoms. The molecule has 0 aliphatic carbocycles. The molecular weight excluding hydrogens is 805 g/mol. The lowest BCUT2D eigenvalue weighted by Gasteiger charge is -2.47. The highest BCUT2D eigenvalue weighted by molar-refractivity contribution is 5.86. The fraction of sp³-hybridized carbons (Fsp3) is 0.872. The molecular formula is C47H70O15. The summed E-state index contributed by atoms with van der Waals surface area (Å²) in [7, 11) is 0. The Morgan fingerprint density at radius 2 is 1.50 bits per heavy atom. The van der Waals surface area contributed by atoms with Crippen molar-refractivity contribution >= 4 is 11.8 Å². The lowest BCUT2D eigenvalue weighted by Crippen LogP contribution is -2.59. The number of carbonyl (C=O) groups excluding carboxylic acids is 2. The van der Waals surface area contributed by atoms with E-state index >= 15 is 0 Å². The summed E-state index contributed by atoms with van der Waals surface area (Å²) in [5.41, 5.74) is -1.45. The van der Waals surface area contributed by atoms with Gasteiger partial charge in [0.15, 0.2) is 23.5 Å². The standard InChI is InChI=1S/C47H70O15/c1-26-10-17-45(52)35(22-36(60-45)47(53)38(49)28(3)13-20-54-47)55-40(51)29(4)31-9-8-14-44(56-31)16-11-32(57-44)39(50)43(7)24-30(48)37(61-43)33-25-42(6)18-19-46(58-33,62-42)34-12-15-41(5,59-34)23-27(2)21-26/h10,17,21,27-29,31-39,49-50,52-53H,8-9,11-16,18-20,22-25H2,1-7H3/b17-10+,26-21+/t27-,28+,29+,31-,32-,33+,34+,35+,36-,37-,38+,39-,41+,42-,43+,44+,45+,46-,47+/m0/s1. The van der Waals surface area contributed by atoms with Crippen LogP contribution in [0.1, 0.15) is 138 Å². The maximum absolute atomic E-state index is 14.1. The third-order valence-electron chi connectivity index (χ3n) is 16.0. The molecule has 10 bridgehead atoms. The van der Waals surface area contributed by atoms with E-state index in [0.717, 1.165) is 18.4 Å². The van der Waals surface area contributed by atoms with Crippen LogP contribution < -0.4 is 0 Å². The predicted octanol–water partition coefficient (Wildman–Crippen LogP) is 4.57. The van der Waals surface area contributed by atoms with Crippen LogP contribution in [0.25, 0.3) is 0 Å². The average molecular weight is 875 g/mol. The smallest absolute Gasteiger partial charge is 0.311 e. The number of ketones is 1. The Morgan fingerprint density at radius 3 is 2.29 bits per heavy atom. The van der Waals surface area contributed by atoms with E-state index in [1.165, 1.54) is 6.08 Å². The lowest BCUT2D eigenvalue weighted by molar-refractivity contribution is -0.359. The molecule has 348 valence electrons. The molecule has 9 aliphatic heterocycles. The first-order valence-electron chi connectivity index (χ1n) is 23.4. The normalized spacial score (nSPS) is 56.2. The van der Waals surface area contributed by atoms with E-state index in [-0.39, 0.29) is 43.2 Å². The molecule has 8 fully saturated rings. The van der Waals surface area contributed by atoms with Crippen LogP contribution in [0.5, 0.6) is 0 Å². The third-order valence-corrected chi connectivity index (χ3v) is 16.0. The van der Waals surface area contributed by atoms with E-state index < -0.39 is 101 Å². The van der Waals surface area contributed by atoms with Gasteiger partial charge in [0, 0.05) is 38.5 Å². The maximum Gasteiger partial charge on any atom is 0.311 e. The molecule has 0 radical (unpaired) electrons. The van der Waals surface area contributed by atoms with Crippen molar-refractivity contribution in [1.82, 2.24) is 0 Å². The number of Topliss-reactive ketones (excluding diaryl/α,β-unsaturated/α-hetero) is 1. The first kappa shape index (κ1) is 45.3. The SMILES string of the molecule is CC1=C\[C@H](C)C[C@@]2(C)CC[C@@H](O2)[C@@]23CC[C@@](C)(C[C@@H](O2)[C@H]2O[C@](C)(CC2=O)[C@@H](O)[C@@H]2CC[C@@]4(CCC[C@H](O4)[C@@H](C)C(=O)O[C@@H]4C[C@@H]([C@@]5(O)OCC[C@@H](C)[C@H]5O)O[C@]4(O)\C=C\1)O2)O3. The summed E-state index contributed by atoms with van der Waals surface area (Å²) in [6, 6.07) is 0. The van der Waals surface area contributed by atoms with Gasteiger partial charge < -0.3 is 63.1 Å². The van der Waals surface area contributed by atoms with Gasteiger partial charge in [-0.2, -0.15) is 0 Å². The minimum absolute atomic E-state index is 0.000238. The highest BCUT2D eigenvalue weighted by Gasteiger charge is 2.65. The van der Waals surface area contributed by atoms with Gasteiger partial charge in [0.2, 0.25) is 11.6 Å². The molecule has 19 atom stereocenters. The quantitative estimate of drug-likeness (QED) is 0.267. The van der Waals surface area contributed by atoms with Crippen molar-refractivity contribution in [3.8, 4) is 0 Å². The Hall–Kier alpha value is -1.86. The molecule has 0 aromatic rings. The van der Waals surface area contributed by atoms with Crippen LogP contribution in [0.3, 0.4) is 0 Å². The highest BCUT2D eigenvalue weighted by atomic mass is 16.8. The number of hydrogen-bond donors (Lipinski definition) is 4. The molecule has 8 saturated heterocycles. The van der Waals surface area contributed by atoms with E-state index in [1.807, 2.05) is 13.8 Å².